The van der Waals surface area contributed by atoms with Gasteiger partial charge >= 0.3 is 0 Å². The van der Waals surface area contributed by atoms with Crippen LogP contribution in [0.4, 0.5) is 11.4 Å². The van der Waals surface area contributed by atoms with Gasteiger partial charge in [-0.3, -0.25) is 19.3 Å². The predicted octanol–water partition coefficient (Wildman–Crippen LogP) is 2.94. The highest BCUT2D eigenvalue weighted by atomic mass is 16.2. The number of primary amides is 1. The normalized spacial score (nSPS) is 18.3. The highest BCUT2D eigenvalue weighted by Crippen LogP contribution is 2.29. The van der Waals surface area contributed by atoms with Gasteiger partial charge in [0.25, 0.3) is 5.91 Å². The van der Waals surface area contributed by atoms with Crippen LogP contribution >= 0.6 is 0 Å². The van der Waals surface area contributed by atoms with Gasteiger partial charge in [-0.05, 0) is 67.3 Å². The number of benzene rings is 2. The Morgan fingerprint density at radius 1 is 1.09 bits per heavy atom. The first-order valence-electron chi connectivity index (χ1n) is 11.3. The van der Waals surface area contributed by atoms with Crippen LogP contribution in [0.25, 0.3) is 0 Å². The molecule has 4 rings (SSSR count). The molecule has 7 nitrogen and oxygen atoms in total. The average Bonchev–Trinajstić information content (AvgIpc) is 3.23. The molecule has 1 fully saturated rings. The van der Waals surface area contributed by atoms with Crippen LogP contribution in [-0.4, -0.2) is 42.3 Å². The van der Waals surface area contributed by atoms with Crippen LogP contribution in [0.5, 0.6) is 0 Å². The van der Waals surface area contributed by atoms with Gasteiger partial charge in [0.15, 0.2) is 0 Å². The van der Waals surface area contributed by atoms with Crippen molar-refractivity contribution in [2.75, 3.05) is 29.9 Å². The van der Waals surface area contributed by atoms with Gasteiger partial charge in [0, 0.05) is 43.0 Å². The summed E-state index contributed by atoms with van der Waals surface area (Å²) in [6.45, 7) is 4.95. The Morgan fingerprint density at radius 3 is 2.59 bits per heavy atom. The zero-order valence-corrected chi connectivity index (χ0v) is 18.5. The summed E-state index contributed by atoms with van der Waals surface area (Å²) in [4.78, 5) is 40.3. The smallest absolute Gasteiger partial charge is 0.255 e. The van der Waals surface area contributed by atoms with Crippen molar-refractivity contribution >= 4 is 29.1 Å². The molecule has 32 heavy (non-hydrogen) atoms. The molecular formula is C25H30N4O3. The van der Waals surface area contributed by atoms with Crippen LogP contribution in [0.1, 0.15) is 47.7 Å². The Kier molecular flexibility index (Phi) is 6.55. The first kappa shape index (κ1) is 22.0. The number of nitrogens with zero attached hydrogens (tertiary/aromatic N) is 2. The number of hydrogen-bond acceptors (Lipinski definition) is 4. The van der Waals surface area contributed by atoms with Crippen LogP contribution in [0.3, 0.4) is 0 Å². The van der Waals surface area contributed by atoms with Crippen molar-refractivity contribution in [1.82, 2.24) is 4.90 Å². The van der Waals surface area contributed by atoms with Crippen LogP contribution in [0.2, 0.25) is 0 Å². The summed E-state index contributed by atoms with van der Waals surface area (Å²) in [5.41, 5.74) is 9.86. The lowest BCUT2D eigenvalue weighted by Gasteiger charge is -2.31. The van der Waals surface area contributed by atoms with Gasteiger partial charge in [-0.2, -0.15) is 0 Å². The molecule has 0 aliphatic carbocycles. The van der Waals surface area contributed by atoms with Crippen molar-refractivity contribution < 1.29 is 14.4 Å². The molecule has 1 saturated heterocycles. The molecule has 0 aromatic heterocycles. The van der Waals surface area contributed by atoms with E-state index in [1.165, 1.54) is 0 Å². The van der Waals surface area contributed by atoms with E-state index in [9.17, 15) is 14.4 Å². The summed E-state index contributed by atoms with van der Waals surface area (Å²) >= 11 is 0. The highest BCUT2D eigenvalue weighted by molar-refractivity contribution is 6.05. The van der Waals surface area contributed by atoms with Crippen molar-refractivity contribution in [3.05, 3.63) is 59.2 Å². The minimum Gasteiger partial charge on any atom is -0.369 e. The van der Waals surface area contributed by atoms with E-state index in [0.29, 0.717) is 25.1 Å². The van der Waals surface area contributed by atoms with E-state index in [2.05, 4.69) is 10.2 Å². The molecule has 0 saturated carbocycles. The number of amides is 3. The number of carbonyl (C=O) groups excluding carboxylic acids is 3. The summed E-state index contributed by atoms with van der Waals surface area (Å²) in [6.07, 6.45) is 3.09. The van der Waals surface area contributed by atoms with Gasteiger partial charge in [0.2, 0.25) is 11.8 Å². The third-order valence-electron chi connectivity index (χ3n) is 6.37. The summed E-state index contributed by atoms with van der Waals surface area (Å²) in [5.74, 6) is -0.345. The van der Waals surface area contributed by atoms with Gasteiger partial charge < -0.3 is 16.0 Å². The summed E-state index contributed by atoms with van der Waals surface area (Å²) in [6, 6.07) is 13.3. The van der Waals surface area contributed by atoms with Crippen molar-refractivity contribution in [3.8, 4) is 0 Å². The molecule has 2 aromatic carbocycles. The van der Waals surface area contributed by atoms with E-state index in [0.717, 1.165) is 54.9 Å². The molecule has 0 spiro atoms. The maximum absolute atomic E-state index is 12.7. The third kappa shape index (κ3) is 4.83. The Hall–Kier alpha value is -3.19. The minimum atomic E-state index is -0.219. The topological polar surface area (TPSA) is 95.7 Å². The van der Waals surface area contributed by atoms with Crippen molar-refractivity contribution in [3.63, 3.8) is 0 Å². The zero-order chi connectivity index (χ0) is 22.7. The number of fused-ring (bicyclic) bond motifs is 1. The molecule has 3 amide bonds. The number of piperidine rings is 1. The second kappa shape index (κ2) is 9.53. The standard InChI is InChI=1S/C25H30N4O3/c1-2-23(30)29-13-11-18-14-19(7-10-22(18)29)25(32)27-21-8-5-17(6-9-21)15-28-12-3-4-20(16-28)24(26)31/h5-10,14,20H,2-4,11-13,15-16H2,1H3,(H2,26,31)(H,27,32). The molecule has 0 radical (unpaired) electrons. The fourth-order valence-electron chi connectivity index (χ4n) is 4.58. The molecule has 1 unspecified atom stereocenters. The quantitative estimate of drug-likeness (QED) is 0.731. The summed E-state index contributed by atoms with van der Waals surface area (Å²) in [5, 5.41) is 2.95. The monoisotopic (exact) mass is 434 g/mol. The molecule has 2 aromatic rings. The molecule has 3 N–H and O–H groups in total. The molecule has 2 aliphatic rings. The van der Waals surface area contributed by atoms with Crippen LogP contribution in [0, 0.1) is 5.92 Å². The van der Waals surface area contributed by atoms with Crippen molar-refractivity contribution in [1.29, 1.82) is 0 Å². The maximum Gasteiger partial charge on any atom is 0.255 e. The highest BCUT2D eigenvalue weighted by Gasteiger charge is 2.25. The fourth-order valence-corrected chi connectivity index (χ4v) is 4.58. The van der Waals surface area contributed by atoms with Crippen LogP contribution < -0.4 is 16.0 Å². The zero-order valence-electron chi connectivity index (χ0n) is 18.5. The van der Waals surface area contributed by atoms with E-state index < -0.39 is 0 Å². The lowest BCUT2D eigenvalue weighted by atomic mass is 9.97. The van der Waals surface area contributed by atoms with E-state index in [-0.39, 0.29) is 23.6 Å². The molecular weight excluding hydrogens is 404 g/mol. The molecule has 1 atom stereocenters. The second-order valence-electron chi connectivity index (χ2n) is 8.62. The number of nitrogens with two attached hydrogens (primary N) is 1. The van der Waals surface area contributed by atoms with Gasteiger partial charge in [0.1, 0.15) is 0 Å². The first-order chi connectivity index (χ1) is 15.4. The Balaban J connectivity index is 1.36. The Labute approximate surface area is 188 Å². The number of likely N-dealkylation sites (tertiary alicyclic amines) is 1. The fraction of sp³-hybridized carbons (Fsp3) is 0.400. The summed E-state index contributed by atoms with van der Waals surface area (Å²) < 4.78 is 0. The molecule has 168 valence electrons. The van der Waals surface area contributed by atoms with E-state index >= 15 is 0 Å². The molecule has 7 heteroatoms. The minimum absolute atomic E-state index is 0.0678. The SMILES string of the molecule is CCC(=O)N1CCc2cc(C(=O)Nc3ccc(CN4CCCC(C(N)=O)C4)cc3)ccc21. The average molecular weight is 435 g/mol. The molecule has 0 bridgehead atoms. The van der Waals surface area contributed by atoms with Crippen molar-refractivity contribution in [2.45, 2.75) is 39.2 Å². The number of anilines is 2. The number of nitrogens with one attached hydrogen (secondary N) is 1. The van der Waals surface area contributed by atoms with Crippen LogP contribution in [-0.2, 0) is 22.6 Å². The maximum atomic E-state index is 12.7. The van der Waals surface area contributed by atoms with Crippen molar-refractivity contribution in [2.24, 2.45) is 11.7 Å². The Morgan fingerprint density at radius 2 is 1.88 bits per heavy atom. The number of rotatable bonds is 6. The number of hydrogen-bond donors (Lipinski definition) is 2. The largest absolute Gasteiger partial charge is 0.369 e. The first-order valence-corrected chi connectivity index (χ1v) is 11.3. The van der Waals surface area contributed by atoms with Gasteiger partial charge in [-0.15, -0.1) is 0 Å². The van der Waals surface area contributed by atoms with Gasteiger partial charge in [-0.1, -0.05) is 19.1 Å². The predicted molar refractivity (Wildman–Crippen MR) is 124 cm³/mol. The molecule has 2 heterocycles. The third-order valence-corrected chi connectivity index (χ3v) is 6.37. The van der Waals surface area contributed by atoms with Crippen LogP contribution in [0.15, 0.2) is 42.5 Å². The lowest BCUT2D eigenvalue weighted by Crippen LogP contribution is -2.40. The van der Waals surface area contributed by atoms with E-state index in [4.69, 9.17) is 5.73 Å². The molecule has 2 aliphatic heterocycles. The lowest BCUT2D eigenvalue weighted by molar-refractivity contribution is -0.123. The van der Waals surface area contributed by atoms with Gasteiger partial charge in [-0.25, -0.2) is 0 Å². The van der Waals surface area contributed by atoms with Gasteiger partial charge in [0.05, 0.1) is 5.92 Å². The second-order valence-corrected chi connectivity index (χ2v) is 8.62. The Bertz CT molecular complexity index is 1020. The number of carbonyl (C=O) groups is 3. The summed E-state index contributed by atoms with van der Waals surface area (Å²) in [7, 11) is 0. The van der Waals surface area contributed by atoms with E-state index in [1.807, 2.05) is 43.3 Å². The van der Waals surface area contributed by atoms with E-state index in [1.54, 1.807) is 11.0 Å².